The third kappa shape index (κ3) is 5.81. The molecule has 1 rings (SSSR count). The Bertz CT molecular complexity index is 461. The van der Waals surface area contributed by atoms with Crippen LogP contribution in [-0.2, 0) is 14.3 Å². The molecular weight excluding hydrogens is 297 g/mol. The van der Waals surface area contributed by atoms with Gasteiger partial charge in [0.05, 0.1) is 0 Å². The number of carbonyl (C=O) groups is 3. The van der Waals surface area contributed by atoms with E-state index in [1.54, 1.807) is 0 Å². The maximum Gasteiger partial charge on any atom is 0.412 e. The Morgan fingerprint density at radius 1 is 1.33 bits per heavy atom. The molecule has 118 valence electrons. The van der Waals surface area contributed by atoms with Gasteiger partial charge in [-0.1, -0.05) is 6.08 Å². The molecule has 0 fully saturated rings. The summed E-state index contributed by atoms with van der Waals surface area (Å²) in [5.74, 6) is -2.14. The van der Waals surface area contributed by atoms with Crippen molar-refractivity contribution in [2.75, 3.05) is 26.3 Å². The monoisotopic (exact) mass is 310 g/mol. The van der Waals surface area contributed by atoms with Gasteiger partial charge in [-0.05, 0) is 6.42 Å². The molecule has 0 bridgehead atoms. The number of carboxylic acid groups (broad SMARTS) is 1. The molecule has 1 aliphatic rings. The first kappa shape index (κ1) is 17.0. The molecular formula is C11H13F3N2O5. The SMILES string of the molecule is O=C(O)COCC(=O)NC(=O)N1CC=C(C(F)(F)F)CC1. The number of urea groups is 1. The number of amides is 3. The van der Waals surface area contributed by atoms with Crippen LogP contribution >= 0.6 is 0 Å². The van der Waals surface area contributed by atoms with Gasteiger partial charge >= 0.3 is 18.2 Å². The van der Waals surface area contributed by atoms with E-state index in [0.717, 1.165) is 11.0 Å². The zero-order valence-electron chi connectivity index (χ0n) is 10.8. The second-order valence-electron chi connectivity index (χ2n) is 4.16. The lowest BCUT2D eigenvalue weighted by Gasteiger charge is -2.27. The van der Waals surface area contributed by atoms with Crippen LogP contribution in [-0.4, -0.2) is 60.4 Å². The number of aliphatic carboxylic acids is 1. The van der Waals surface area contributed by atoms with Crippen LogP contribution in [0.4, 0.5) is 18.0 Å². The lowest BCUT2D eigenvalue weighted by Crippen LogP contribution is -2.46. The summed E-state index contributed by atoms with van der Waals surface area (Å²) in [6, 6.07) is -0.851. The van der Waals surface area contributed by atoms with Crippen molar-refractivity contribution in [2.24, 2.45) is 0 Å². The van der Waals surface area contributed by atoms with Crippen molar-refractivity contribution in [2.45, 2.75) is 12.6 Å². The van der Waals surface area contributed by atoms with E-state index >= 15 is 0 Å². The fourth-order valence-electron chi connectivity index (χ4n) is 1.58. The fraction of sp³-hybridized carbons (Fsp3) is 0.545. The fourth-order valence-corrected chi connectivity index (χ4v) is 1.58. The van der Waals surface area contributed by atoms with Gasteiger partial charge in [-0.15, -0.1) is 0 Å². The number of imide groups is 1. The van der Waals surface area contributed by atoms with Crippen LogP contribution in [0.25, 0.3) is 0 Å². The molecule has 0 aromatic heterocycles. The molecule has 21 heavy (non-hydrogen) atoms. The molecule has 7 nitrogen and oxygen atoms in total. The number of hydrogen-bond acceptors (Lipinski definition) is 4. The first-order valence-corrected chi connectivity index (χ1v) is 5.84. The number of nitrogens with one attached hydrogen (secondary N) is 1. The predicted molar refractivity (Wildman–Crippen MR) is 62.3 cm³/mol. The van der Waals surface area contributed by atoms with Gasteiger partial charge in [0.15, 0.2) is 0 Å². The quantitative estimate of drug-likeness (QED) is 0.738. The van der Waals surface area contributed by atoms with Gasteiger partial charge in [-0.3, -0.25) is 10.1 Å². The minimum atomic E-state index is -4.41. The molecule has 10 heteroatoms. The maximum atomic E-state index is 12.4. The van der Waals surface area contributed by atoms with Gasteiger partial charge in [0.2, 0.25) is 0 Å². The summed E-state index contributed by atoms with van der Waals surface area (Å²) >= 11 is 0. The van der Waals surface area contributed by atoms with E-state index < -0.39 is 42.9 Å². The summed E-state index contributed by atoms with van der Waals surface area (Å²) in [6.45, 7) is -1.75. The van der Waals surface area contributed by atoms with E-state index in [4.69, 9.17) is 5.11 Å². The molecule has 0 unspecified atom stereocenters. The zero-order chi connectivity index (χ0) is 16.0. The van der Waals surface area contributed by atoms with Crippen LogP contribution in [0.3, 0.4) is 0 Å². The molecule has 2 N–H and O–H groups in total. The van der Waals surface area contributed by atoms with Crippen molar-refractivity contribution in [1.29, 1.82) is 0 Å². The van der Waals surface area contributed by atoms with Crippen LogP contribution in [0, 0.1) is 0 Å². The van der Waals surface area contributed by atoms with E-state index in [2.05, 4.69) is 4.74 Å². The summed E-state index contributed by atoms with van der Waals surface area (Å²) in [6.07, 6.45) is -3.88. The van der Waals surface area contributed by atoms with Gasteiger partial charge in [-0.2, -0.15) is 13.2 Å². The molecule has 1 aliphatic heterocycles. The number of carboxylic acids is 1. The highest BCUT2D eigenvalue weighted by molar-refractivity contribution is 5.95. The third-order valence-corrected chi connectivity index (χ3v) is 2.57. The number of ether oxygens (including phenoxy) is 1. The Hall–Kier alpha value is -2.10. The second-order valence-corrected chi connectivity index (χ2v) is 4.16. The molecule has 0 radical (unpaired) electrons. The summed E-state index contributed by atoms with van der Waals surface area (Å²) in [7, 11) is 0. The lowest BCUT2D eigenvalue weighted by atomic mass is 10.1. The number of hydrogen-bond donors (Lipinski definition) is 2. The van der Waals surface area contributed by atoms with Crippen LogP contribution < -0.4 is 5.32 Å². The van der Waals surface area contributed by atoms with Crippen molar-refractivity contribution < 1.29 is 37.4 Å². The highest BCUT2D eigenvalue weighted by Crippen LogP contribution is 2.29. The van der Waals surface area contributed by atoms with Gasteiger partial charge in [0, 0.05) is 18.7 Å². The number of halogens is 3. The first-order chi connectivity index (χ1) is 9.70. The van der Waals surface area contributed by atoms with E-state index in [1.165, 1.54) is 0 Å². The maximum absolute atomic E-state index is 12.4. The Morgan fingerprint density at radius 3 is 2.48 bits per heavy atom. The topological polar surface area (TPSA) is 95.9 Å². The molecule has 3 amide bonds. The molecule has 0 saturated heterocycles. The smallest absolute Gasteiger partial charge is 0.412 e. The predicted octanol–water partition coefficient (Wildman–Crippen LogP) is 0.518. The van der Waals surface area contributed by atoms with E-state index in [-0.39, 0.29) is 19.5 Å². The largest absolute Gasteiger partial charge is 0.480 e. The molecule has 0 atom stereocenters. The van der Waals surface area contributed by atoms with Crippen LogP contribution in [0.2, 0.25) is 0 Å². The van der Waals surface area contributed by atoms with Crippen LogP contribution in [0.5, 0.6) is 0 Å². The summed E-state index contributed by atoms with van der Waals surface area (Å²) in [5, 5.41) is 10.2. The standard InChI is InChI=1S/C11H13F3N2O5/c12-11(13,14)7-1-3-16(4-2-7)10(20)15-8(17)5-21-6-9(18)19/h1H,2-6H2,(H,18,19)(H,15,17,20). The minimum Gasteiger partial charge on any atom is -0.480 e. The minimum absolute atomic E-state index is 0.166. The average Bonchev–Trinajstić information content (AvgIpc) is 2.37. The van der Waals surface area contributed by atoms with E-state index in [1.807, 2.05) is 5.32 Å². The number of carbonyl (C=O) groups excluding carboxylic acids is 2. The first-order valence-electron chi connectivity index (χ1n) is 5.84. The second kappa shape index (κ2) is 7.07. The van der Waals surface area contributed by atoms with Gasteiger partial charge in [0.25, 0.3) is 5.91 Å². The van der Waals surface area contributed by atoms with Crippen LogP contribution in [0.1, 0.15) is 6.42 Å². The lowest BCUT2D eigenvalue weighted by molar-refractivity contribution is -0.143. The highest BCUT2D eigenvalue weighted by atomic mass is 19.4. The van der Waals surface area contributed by atoms with Crippen molar-refractivity contribution in [3.63, 3.8) is 0 Å². The van der Waals surface area contributed by atoms with E-state index in [0.29, 0.717) is 0 Å². The molecule has 0 aromatic rings. The molecule has 0 aromatic carbocycles. The summed E-state index contributed by atoms with van der Waals surface area (Å²) in [4.78, 5) is 34.0. The third-order valence-electron chi connectivity index (χ3n) is 2.57. The van der Waals surface area contributed by atoms with Crippen molar-refractivity contribution in [1.82, 2.24) is 10.2 Å². The number of nitrogens with zero attached hydrogens (tertiary/aromatic N) is 1. The van der Waals surface area contributed by atoms with Gasteiger partial charge in [-0.25, -0.2) is 9.59 Å². The highest BCUT2D eigenvalue weighted by Gasteiger charge is 2.35. The van der Waals surface area contributed by atoms with Crippen molar-refractivity contribution in [3.05, 3.63) is 11.6 Å². The van der Waals surface area contributed by atoms with Gasteiger partial charge < -0.3 is 14.7 Å². The zero-order valence-corrected chi connectivity index (χ0v) is 10.8. The van der Waals surface area contributed by atoms with Gasteiger partial charge in [0.1, 0.15) is 13.2 Å². The summed E-state index contributed by atoms with van der Waals surface area (Å²) < 4.78 is 41.6. The van der Waals surface area contributed by atoms with Crippen molar-refractivity contribution >= 4 is 17.9 Å². The van der Waals surface area contributed by atoms with Crippen LogP contribution in [0.15, 0.2) is 11.6 Å². The Kier molecular flexibility index (Phi) is 5.70. The van der Waals surface area contributed by atoms with Crippen molar-refractivity contribution in [3.8, 4) is 0 Å². The number of rotatable bonds is 4. The summed E-state index contributed by atoms with van der Waals surface area (Å²) in [5.41, 5.74) is -0.706. The van der Waals surface area contributed by atoms with E-state index in [9.17, 15) is 27.6 Å². The Balaban J connectivity index is 2.39. The molecule has 0 saturated carbocycles. The molecule has 0 spiro atoms. The molecule has 1 heterocycles. The average molecular weight is 310 g/mol. The Morgan fingerprint density at radius 2 is 2.00 bits per heavy atom. The number of alkyl halides is 3. The normalized spacial score (nSPS) is 15.4. The Labute approximate surface area is 117 Å². The molecule has 0 aliphatic carbocycles.